The Hall–Kier alpha value is -1.92. The van der Waals surface area contributed by atoms with E-state index in [-0.39, 0.29) is 0 Å². The van der Waals surface area contributed by atoms with Gasteiger partial charge in [-0.15, -0.1) is 0 Å². The Morgan fingerprint density at radius 2 is 1.96 bits per heavy atom. The highest BCUT2D eigenvalue weighted by atomic mass is 16.6. The van der Waals surface area contributed by atoms with Gasteiger partial charge in [0.1, 0.15) is 0 Å². The molecule has 132 valence electrons. The van der Waals surface area contributed by atoms with E-state index in [1.165, 1.54) is 33.4 Å². The molecule has 4 N–H and O–H groups in total. The lowest BCUT2D eigenvalue weighted by atomic mass is 9.94. The second-order valence-corrected chi connectivity index (χ2v) is 6.75. The maximum Gasteiger partial charge on any atom is 0.314 e. The Bertz CT molecular complexity index is 817. The van der Waals surface area contributed by atoms with Crippen LogP contribution in [0.5, 0.6) is 0 Å². The second kappa shape index (κ2) is 6.11. The lowest BCUT2D eigenvalue weighted by Crippen LogP contribution is -2.68. The number of nitrogens with zero attached hydrogens (tertiary/aromatic N) is 1. The summed E-state index contributed by atoms with van der Waals surface area (Å²) in [4.78, 5) is 1.58. The van der Waals surface area contributed by atoms with E-state index < -0.39 is 6.03 Å². The van der Waals surface area contributed by atoms with Crippen molar-refractivity contribution in [1.82, 2.24) is 10.6 Å². The number of anilines is 1. The molecule has 0 aromatic heterocycles. The van der Waals surface area contributed by atoms with E-state index in [4.69, 9.17) is 0 Å². The molecule has 0 amide bonds. The largest absolute Gasteiger partial charge is 0.336 e. The minimum absolute atomic E-state index is 0.362. The van der Waals surface area contributed by atoms with Crippen molar-refractivity contribution in [3.63, 3.8) is 0 Å². The highest BCUT2D eigenvalue weighted by Gasteiger charge is 2.37. The van der Waals surface area contributed by atoms with E-state index in [9.17, 15) is 10.2 Å². The normalized spacial score (nSPS) is 18.2. The predicted molar refractivity (Wildman–Crippen MR) is 99.1 cm³/mol. The lowest BCUT2D eigenvalue weighted by molar-refractivity contribution is -0.195. The molecule has 0 atom stereocenters. The first-order chi connectivity index (χ1) is 12.1. The fraction of sp³-hybridized carbons (Fsp3) is 0.400. The zero-order valence-electron chi connectivity index (χ0n) is 14.8. The predicted octanol–water partition coefficient (Wildman–Crippen LogP) is 1.89. The van der Waals surface area contributed by atoms with Crippen molar-refractivity contribution in [2.75, 3.05) is 18.2 Å². The number of aryl methyl sites for hydroxylation is 1. The summed E-state index contributed by atoms with van der Waals surface area (Å²) in [5, 5.41) is 26.5. The number of fused-ring (bicyclic) bond motifs is 3. The van der Waals surface area contributed by atoms with Crippen molar-refractivity contribution < 1.29 is 10.2 Å². The van der Waals surface area contributed by atoms with Crippen LogP contribution in [0.1, 0.15) is 36.1 Å². The van der Waals surface area contributed by atoms with Crippen LogP contribution >= 0.6 is 0 Å². The van der Waals surface area contributed by atoms with Gasteiger partial charge in [-0.1, -0.05) is 38.1 Å². The van der Waals surface area contributed by atoms with Gasteiger partial charge in [-0.25, -0.2) is 5.32 Å². The molecule has 1 aliphatic heterocycles. The van der Waals surface area contributed by atoms with E-state index in [2.05, 4.69) is 48.7 Å². The first-order valence-corrected chi connectivity index (χ1v) is 9.00. The number of rotatable bonds is 3. The molecule has 0 spiro atoms. The molecular formula is C20H25N3O2. The van der Waals surface area contributed by atoms with Crippen molar-refractivity contribution in [2.45, 2.75) is 39.1 Å². The summed E-state index contributed by atoms with van der Waals surface area (Å²) < 4.78 is 0. The number of hydrogen-bond donors (Lipinski definition) is 4. The Morgan fingerprint density at radius 1 is 1.12 bits per heavy atom. The summed E-state index contributed by atoms with van der Waals surface area (Å²) in [6.07, 6.45) is 2.77. The molecular weight excluding hydrogens is 314 g/mol. The van der Waals surface area contributed by atoms with Gasteiger partial charge in [-0.3, -0.25) is 10.2 Å². The minimum atomic E-state index is -2.04. The standard InChI is InChI=1S/C20H25N3O2/c1-3-13-6-5-7-14-10-17-15(4-2)18(9-8-16(17)19(13)14)23-12-21-11-22-20(23,24)25/h5-9,21-22,24-25H,3-4,10-12H2,1-2H3. The molecule has 2 aliphatic rings. The van der Waals surface area contributed by atoms with Crippen LogP contribution in [0.2, 0.25) is 0 Å². The van der Waals surface area contributed by atoms with Crippen LogP contribution in [0.25, 0.3) is 11.1 Å². The van der Waals surface area contributed by atoms with Gasteiger partial charge in [-0.05, 0) is 58.7 Å². The van der Waals surface area contributed by atoms with Crippen LogP contribution in [0.15, 0.2) is 30.3 Å². The summed E-state index contributed by atoms with van der Waals surface area (Å²) in [6, 6.07) is 8.68. The van der Waals surface area contributed by atoms with Crippen molar-refractivity contribution in [2.24, 2.45) is 0 Å². The Kier molecular flexibility index (Phi) is 4.04. The van der Waals surface area contributed by atoms with Crippen LogP contribution < -0.4 is 15.5 Å². The number of benzene rings is 2. The SMILES string of the molecule is CCc1cccc2c1-c1ccc(N3CNCNC3(O)O)c(CC)c1C2. The van der Waals surface area contributed by atoms with Crippen molar-refractivity contribution in [1.29, 1.82) is 0 Å². The van der Waals surface area contributed by atoms with Gasteiger partial charge < -0.3 is 10.2 Å². The molecule has 2 aromatic rings. The average molecular weight is 339 g/mol. The quantitative estimate of drug-likeness (QED) is 0.549. The molecule has 5 nitrogen and oxygen atoms in total. The third-order valence-corrected chi connectivity index (χ3v) is 5.40. The molecule has 5 heteroatoms. The zero-order valence-corrected chi connectivity index (χ0v) is 14.8. The molecule has 4 rings (SSSR count). The fourth-order valence-corrected chi connectivity index (χ4v) is 4.20. The second-order valence-electron chi connectivity index (χ2n) is 6.75. The highest BCUT2D eigenvalue weighted by molar-refractivity contribution is 5.83. The third kappa shape index (κ3) is 2.55. The van der Waals surface area contributed by atoms with Crippen LogP contribution in [0, 0.1) is 0 Å². The zero-order chi connectivity index (χ0) is 17.6. The van der Waals surface area contributed by atoms with E-state index in [1.807, 2.05) is 6.07 Å². The molecule has 0 saturated carbocycles. The minimum Gasteiger partial charge on any atom is -0.336 e. The van der Waals surface area contributed by atoms with Crippen molar-refractivity contribution >= 4 is 5.69 Å². The van der Waals surface area contributed by atoms with E-state index in [0.717, 1.165) is 24.9 Å². The molecule has 1 fully saturated rings. The van der Waals surface area contributed by atoms with Gasteiger partial charge >= 0.3 is 6.03 Å². The van der Waals surface area contributed by atoms with Crippen LogP contribution in [-0.4, -0.2) is 29.6 Å². The van der Waals surface area contributed by atoms with Gasteiger partial charge in [0, 0.05) is 5.69 Å². The topological polar surface area (TPSA) is 67.8 Å². The van der Waals surface area contributed by atoms with Gasteiger partial charge in [0.15, 0.2) is 0 Å². The molecule has 1 aliphatic carbocycles. The smallest absolute Gasteiger partial charge is 0.314 e. The Balaban J connectivity index is 1.85. The van der Waals surface area contributed by atoms with E-state index >= 15 is 0 Å². The molecule has 2 aromatic carbocycles. The molecule has 25 heavy (non-hydrogen) atoms. The molecule has 1 heterocycles. The maximum atomic E-state index is 10.3. The maximum absolute atomic E-state index is 10.3. The number of hydrogen-bond acceptors (Lipinski definition) is 5. The van der Waals surface area contributed by atoms with Crippen molar-refractivity contribution in [3.8, 4) is 11.1 Å². The summed E-state index contributed by atoms with van der Waals surface area (Å²) in [5.74, 6) is 0. The van der Waals surface area contributed by atoms with Crippen molar-refractivity contribution in [3.05, 3.63) is 52.6 Å². The Morgan fingerprint density at radius 3 is 2.68 bits per heavy atom. The number of aliphatic hydroxyl groups is 2. The molecule has 1 saturated heterocycles. The highest BCUT2D eigenvalue weighted by Crippen LogP contribution is 2.44. The van der Waals surface area contributed by atoms with Gasteiger partial charge in [0.2, 0.25) is 0 Å². The summed E-state index contributed by atoms with van der Waals surface area (Å²) in [7, 11) is 0. The fourth-order valence-electron chi connectivity index (χ4n) is 4.20. The van der Waals surface area contributed by atoms with Gasteiger partial charge in [0.05, 0.1) is 13.3 Å². The van der Waals surface area contributed by atoms with E-state index in [1.54, 1.807) is 4.90 Å². The first-order valence-electron chi connectivity index (χ1n) is 9.00. The molecule has 0 radical (unpaired) electrons. The van der Waals surface area contributed by atoms with Gasteiger partial charge in [0.25, 0.3) is 0 Å². The van der Waals surface area contributed by atoms with Crippen LogP contribution in [0.3, 0.4) is 0 Å². The third-order valence-electron chi connectivity index (χ3n) is 5.40. The monoisotopic (exact) mass is 339 g/mol. The molecule has 0 bridgehead atoms. The molecule has 0 unspecified atom stereocenters. The summed E-state index contributed by atoms with van der Waals surface area (Å²) in [5.41, 5.74) is 8.80. The van der Waals surface area contributed by atoms with E-state index in [0.29, 0.717) is 13.3 Å². The van der Waals surface area contributed by atoms with Gasteiger partial charge in [-0.2, -0.15) is 0 Å². The Labute approximate surface area is 148 Å². The number of nitrogens with one attached hydrogen (secondary N) is 2. The summed E-state index contributed by atoms with van der Waals surface area (Å²) in [6.45, 7) is 5.07. The van der Waals surface area contributed by atoms with Crippen LogP contribution in [-0.2, 0) is 19.3 Å². The summed E-state index contributed by atoms with van der Waals surface area (Å²) >= 11 is 0. The average Bonchev–Trinajstić information content (AvgIpc) is 2.99. The lowest BCUT2D eigenvalue weighted by Gasteiger charge is -2.42. The first kappa shape index (κ1) is 16.5. The van der Waals surface area contributed by atoms with Crippen LogP contribution in [0.4, 0.5) is 5.69 Å².